The SMILES string of the molecule is O=C(Nc1cnccn1)c1ccc2ccccc2n1. The van der Waals surface area contributed by atoms with E-state index in [-0.39, 0.29) is 5.91 Å². The van der Waals surface area contributed by atoms with Gasteiger partial charge in [-0.3, -0.25) is 9.78 Å². The fraction of sp³-hybridized carbons (Fsp3) is 0. The minimum atomic E-state index is -0.300. The van der Waals surface area contributed by atoms with Gasteiger partial charge in [0.05, 0.1) is 11.7 Å². The molecule has 0 unspecified atom stereocenters. The number of anilines is 1. The Hall–Kier alpha value is -2.82. The van der Waals surface area contributed by atoms with E-state index in [0.29, 0.717) is 11.5 Å². The molecule has 19 heavy (non-hydrogen) atoms. The third-order valence-corrected chi connectivity index (χ3v) is 2.64. The van der Waals surface area contributed by atoms with Crippen molar-refractivity contribution in [2.75, 3.05) is 5.32 Å². The third-order valence-electron chi connectivity index (χ3n) is 2.64. The number of pyridine rings is 1. The Morgan fingerprint density at radius 1 is 1.05 bits per heavy atom. The Labute approximate surface area is 109 Å². The van der Waals surface area contributed by atoms with Gasteiger partial charge in [0.2, 0.25) is 0 Å². The van der Waals surface area contributed by atoms with Gasteiger partial charge in [-0.15, -0.1) is 0 Å². The summed E-state index contributed by atoms with van der Waals surface area (Å²) in [7, 11) is 0. The van der Waals surface area contributed by atoms with Gasteiger partial charge >= 0.3 is 0 Å². The van der Waals surface area contributed by atoms with E-state index in [1.54, 1.807) is 12.3 Å². The number of nitrogens with zero attached hydrogens (tertiary/aromatic N) is 3. The van der Waals surface area contributed by atoms with Crippen LogP contribution in [0.4, 0.5) is 5.82 Å². The van der Waals surface area contributed by atoms with Crippen molar-refractivity contribution in [3.8, 4) is 0 Å². The molecule has 0 saturated carbocycles. The van der Waals surface area contributed by atoms with E-state index in [2.05, 4.69) is 20.3 Å². The monoisotopic (exact) mass is 250 g/mol. The van der Waals surface area contributed by atoms with Crippen LogP contribution in [-0.4, -0.2) is 20.9 Å². The number of carbonyl (C=O) groups is 1. The van der Waals surface area contributed by atoms with Gasteiger partial charge < -0.3 is 5.32 Å². The fourth-order valence-electron chi connectivity index (χ4n) is 1.74. The van der Waals surface area contributed by atoms with E-state index in [1.165, 1.54) is 12.4 Å². The van der Waals surface area contributed by atoms with E-state index in [1.807, 2.05) is 30.3 Å². The van der Waals surface area contributed by atoms with Crippen LogP contribution in [0.3, 0.4) is 0 Å². The Bertz CT molecular complexity index is 728. The second kappa shape index (κ2) is 4.81. The molecule has 0 spiro atoms. The van der Waals surface area contributed by atoms with Gasteiger partial charge in [0, 0.05) is 17.8 Å². The molecule has 3 aromatic rings. The summed E-state index contributed by atoms with van der Waals surface area (Å²) in [5.74, 6) is 0.105. The Morgan fingerprint density at radius 2 is 1.95 bits per heavy atom. The zero-order valence-electron chi connectivity index (χ0n) is 9.95. The Balaban J connectivity index is 1.89. The summed E-state index contributed by atoms with van der Waals surface area (Å²) in [6.45, 7) is 0. The quantitative estimate of drug-likeness (QED) is 0.757. The highest BCUT2D eigenvalue weighted by Crippen LogP contribution is 2.12. The lowest BCUT2D eigenvalue weighted by atomic mass is 10.2. The highest BCUT2D eigenvalue weighted by Gasteiger charge is 2.08. The fourth-order valence-corrected chi connectivity index (χ4v) is 1.74. The zero-order valence-corrected chi connectivity index (χ0v) is 9.95. The Morgan fingerprint density at radius 3 is 2.79 bits per heavy atom. The molecule has 2 heterocycles. The largest absolute Gasteiger partial charge is 0.304 e. The maximum atomic E-state index is 12.0. The van der Waals surface area contributed by atoms with Crippen LogP contribution < -0.4 is 5.32 Å². The van der Waals surface area contributed by atoms with Crippen LogP contribution in [0.5, 0.6) is 0 Å². The molecule has 2 aromatic heterocycles. The van der Waals surface area contributed by atoms with Crippen molar-refractivity contribution in [2.24, 2.45) is 0 Å². The Kier molecular flexibility index (Phi) is 2.86. The summed E-state index contributed by atoms with van der Waals surface area (Å²) < 4.78 is 0. The average Bonchev–Trinajstić information content (AvgIpc) is 2.48. The number of carbonyl (C=O) groups excluding carboxylic acids is 1. The molecular weight excluding hydrogens is 240 g/mol. The van der Waals surface area contributed by atoms with E-state index >= 15 is 0 Å². The summed E-state index contributed by atoms with van der Waals surface area (Å²) in [4.78, 5) is 24.2. The molecule has 1 amide bonds. The minimum Gasteiger partial charge on any atom is -0.304 e. The summed E-state index contributed by atoms with van der Waals surface area (Å²) in [6, 6.07) is 11.2. The normalized spacial score (nSPS) is 10.3. The number of amides is 1. The molecule has 0 aliphatic rings. The highest BCUT2D eigenvalue weighted by molar-refractivity contribution is 6.03. The molecule has 1 N–H and O–H groups in total. The maximum absolute atomic E-state index is 12.0. The van der Waals surface area contributed by atoms with Crippen LogP contribution in [0, 0.1) is 0 Å². The molecule has 0 bridgehead atoms. The van der Waals surface area contributed by atoms with Crippen molar-refractivity contribution < 1.29 is 4.79 Å². The molecule has 0 saturated heterocycles. The lowest BCUT2D eigenvalue weighted by Gasteiger charge is -2.04. The standard InChI is InChI=1S/C14H10N4O/c19-14(18-13-9-15-7-8-16-13)12-6-5-10-3-1-2-4-11(10)17-12/h1-9H,(H,16,18,19). The molecule has 0 fully saturated rings. The molecule has 1 aromatic carbocycles. The van der Waals surface area contributed by atoms with Crippen molar-refractivity contribution in [2.45, 2.75) is 0 Å². The van der Waals surface area contributed by atoms with Crippen molar-refractivity contribution >= 4 is 22.6 Å². The van der Waals surface area contributed by atoms with Gasteiger partial charge in [-0.1, -0.05) is 24.3 Å². The molecule has 3 rings (SSSR count). The van der Waals surface area contributed by atoms with E-state index < -0.39 is 0 Å². The zero-order chi connectivity index (χ0) is 13.1. The summed E-state index contributed by atoms with van der Waals surface area (Å²) in [6.07, 6.45) is 4.55. The molecule has 0 aliphatic heterocycles. The van der Waals surface area contributed by atoms with E-state index in [0.717, 1.165) is 10.9 Å². The molecule has 92 valence electrons. The summed E-state index contributed by atoms with van der Waals surface area (Å²) in [5.41, 5.74) is 1.14. The van der Waals surface area contributed by atoms with Crippen LogP contribution in [0.2, 0.25) is 0 Å². The number of para-hydroxylation sites is 1. The smallest absolute Gasteiger partial charge is 0.275 e. The minimum absolute atomic E-state index is 0.300. The van der Waals surface area contributed by atoms with Gasteiger partial charge in [0.1, 0.15) is 5.69 Å². The maximum Gasteiger partial charge on any atom is 0.275 e. The summed E-state index contributed by atoms with van der Waals surface area (Å²) >= 11 is 0. The number of hydrogen-bond acceptors (Lipinski definition) is 4. The van der Waals surface area contributed by atoms with Gasteiger partial charge in [-0.2, -0.15) is 0 Å². The molecule has 5 heteroatoms. The first-order chi connectivity index (χ1) is 9.33. The molecule has 0 radical (unpaired) electrons. The number of rotatable bonds is 2. The number of fused-ring (bicyclic) bond motifs is 1. The van der Waals surface area contributed by atoms with Crippen molar-refractivity contribution in [3.05, 3.63) is 60.7 Å². The second-order valence-electron chi connectivity index (χ2n) is 3.93. The molecule has 0 atom stereocenters. The number of nitrogens with one attached hydrogen (secondary N) is 1. The van der Waals surface area contributed by atoms with Crippen LogP contribution in [0.1, 0.15) is 10.5 Å². The van der Waals surface area contributed by atoms with Crippen LogP contribution in [0.15, 0.2) is 55.0 Å². The molecule has 5 nitrogen and oxygen atoms in total. The number of aromatic nitrogens is 3. The van der Waals surface area contributed by atoms with Gasteiger partial charge in [0.15, 0.2) is 5.82 Å². The lowest BCUT2D eigenvalue weighted by Crippen LogP contribution is -2.14. The first-order valence-corrected chi connectivity index (χ1v) is 5.76. The average molecular weight is 250 g/mol. The molecule has 0 aliphatic carbocycles. The van der Waals surface area contributed by atoms with Crippen LogP contribution in [0.25, 0.3) is 10.9 Å². The predicted molar refractivity (Wildman–Crippen MR) is 71.7 cm³/mol. The van der Waals surface area contributed by atoms with E-state index in [9.17, 15) is 4.79 Å². The van der Waals surface area contributed by atoms with Crippen molar-refractivity contribution in [1.82, 2.24) is 15.0 Å². The third kappa shape index (κ3) is 2.40. The van der Waals surface area contributed by atoms with E-state index in [4.69, 9.17) is 0 Å². The van der Waals surface area contributed by atoms with Crippen LogP contribution in [-0.2, 0) is 0 Å². The van der Waals surface area contributed by atoms with Gasteiger partial charge in [-0.05, 0) is 12.1 Å². The van der Waals surface area contributed by atoms with Gasteiger partial charge in [0.25, 0.3) is 5.91 Å². The predicted octanol–water partition coefficient (Wildman–Crippen LogP) is 2.28. The lowest BCUT2D eigenvalue weighted by molar-refractivity contribution is 0.102. The second-order valence-corrected chi connectivity index (χ2v) is 3.93. The van der Waals surface area contributed by atoms with Crippen LogP contribution >= 0.6 is 0 Å². The number of benzene rings is 1. The highest BCUT2D eigenvalue weighted by atomic mass is 16.1. The summed E-state index contributed by atoms with van der Waals surface area (Å²) in [5, 5.41) is 3.65. The van der Waals surface area contributed by atoms with Crippen molar-refractivity contribution in [3.63, 3.8) is 0 Å². The van der Waals surface area contributed by atoms with Gasteiger partial charge in [-0.25, -0.2) is 9.97 Å². The first kappa shape index (κ1) is 11.3. The molecular formula is C14H10N4O. The topological polar surface area (TPSA) is 67.8 Å². The van der Waals surface area contributed by atoms with Crippen molar-refractivity contribution in [1.29, 1.82) is 0 Å². The number of hydrogen-bond donors (Lipinski definition) is 1. The first-order valence-electron chi connectivity index (χ1n) is 5.76.